The molecule has 2 aromatic rings. The van der Waals surface area contributed by atoms with Gasteiger partial charge in [0.2, 0.25) is 11.8 Å². The number of aryl methyl sites for hydroxylation is 1. The van der Waals surface area contributed by atoms with Gasteiger partial charge in [0.25, 0.3) is 0 Å². The van der Waals surface area contributed by atoms with Crippen molar-refractivity contribution in [2.24, 2.45) is 0 Å². The molecule has 0 heterocycles. The summed E-state index contributed by atoms with van der Waals surface area (Å²) in [6, 6.07) is 12.8. The highest BCUT2D eigenvalue weighted by atomic mass is 35.5. The van der Waals surface area contributed by atoms with E-state index in [9.17, 15) is 9.59 Å². The van der Waals surface area contributed by atoms with Gasteiger partial charge >= 0.3 is 0 Å². The van der Waals surface area contributed by atoms with E-state index in [2.05, 4.69) is 10.6 Å². The van der Waals surface area contributed by atoms with Crippen molar-refractivity contribution in [1.82, 2.24) is 10.6 Å². The first-order chi connectivity index (χ1) is 13.0. The Morgan fingerprint density at radius 3 is 2.30 bits per heavy atom. The Hall–Kier alpha value is -2.24. The average molecular weight is 409 g/mol. The van der Waals surface area contributed by atoms with E-state index in [1.54, 1.807) is 19.2 Å². The van der Waals surface area contributed by atoms with Crippen LogP contribution in [-0.2, 0) is 22.6 Å². The molecule has 0 saturated carbocycles. The second-order valence-corrected chi connectivity index (χ2v) is 6.82. The molecular weight excluding hydrogens is 387 g/mol. The lowest BCUT2D eigenvalue weighted by Gasteiger charge is -2.08. The topological polar surface area (TPSA) is 67.4 Å². The predicted molar refractivity (Wildman–Crippen MR) is 107 cm³/mol. The molecule has 0 atom stereocenters. The van der Waals surface area contributed by atoms with Crippen LogP contribution in [0.2, 0.25) is 10.0 Å². The summed E-state index contributed by atoms with van der Waals surface area (Å²) < 4.78 is 5.08. The van der Waals surface area contributed by atoms with Crippen LogP contribution in [0, 0.1) is 0 Å². The van der Waals surface area contributed by atoms with E-state index in [4.69, 9.17) is 27.9 Å². The van der Waals surface area contributed by atoms with E-state index in [0.29, 0.717) is 35.9 Å². The van der Waals surface area contributed by atoms with Crippen molar-refractivity contribution in [3.63, 3.8) is 0 Å². The Morgan fingerprint density at radius 1 is 0.926 bits per heavy atom. The molecule has 5 nitrogen and oxygen atoms in total. The molecule has 0 unspecified atom stereocenters. The summed E-state index contributed by atoms with van der Waals surface area (Å²) in [4.78, 5) is 23.7. The number of carbonyl (C=O) groups excluding carboxylic acids is 2. The van der Waals surface area contributed by atoms with Gasteiger partial charge in [-0.2, -0.15) is 0 Å². The van der Waals surface area contributed by atoms with Gasteiger partial charge in [0, 0.05) is 13.0 Å². The van der Waals surface area contributed by atoms with E-state index in [0.717, 1.165) is 16.9 Å². The summed E-state index contributed by atoms with van der Waals surface area (Å²) in [6.07, 6.45) is 1.72. The van der Waals surface area contributed by atoms with Gasteiger partial charge < -0.3 is 15.4 Å². The molecule has 2 amide bonds. The maximum Gasteiger partial charge on any atom is 0.239 e. The molecule has 7 heteroatoms. The molecule has 0 saturated heterocycles. The van der Waals surface area contributed by atoms with Crippen molar-refractivity contribution >= 4 is 35.0 Å². The lowest BCUT2D eigenvalue weighted by atomic mass is 10.1. The van der Waals surface area contributed by atoms with Gasteiger partial charge in [-0.25, -0.2) is 0 Å². The van der Waals surface area contributed by atoms with Crippen molar-refractivity contribution in [3.05, 3.63) is 63.6 Å². The molecule has 144 valence electrons. The first-order valence-corrected chi connectivity index (χ1v) is 9.34. The Labute approximate surface area is 169 Å². The van der Waals surface area contributed by atoms with Crippen LogP contribution >= 0.6 is 23.2 Å². The Bertz CT molecular complexity index is 779. The highest BCUT2D eigenvalue weighted by Gasteiger charge is 2.06. The molecule has 0 aliphatic heterocycles. The number of ether oxygens (including phenoxy) is 1. The van der Waals surface area contributed by atoms with Gasteiger partial charge in [0.1, 0.15) is 5.75 Å². The fraction of sp³-hybridized carbons (Fsp3) is 0.300. The second-order valence-electron chi connectivity index (χ2n) is 6.00. The van der Waals surface area contributed by atoms with Crippen molar-refractivity contribution in [1.29, 1.82) is 0 Å². The zero-order chi connectivity index (χ0) is 19.6. The third-order valence-corrected chi connectivity index (χ3v) is 4.69. The van der Waals surface area contributed by atoms with Gasteiger partial charge in [-0.1, -0.05) is 41.4 Å². The van der Waals surface area contributed by atoms with Crippen LogP contribution in [-0.4, -0.2) is 25.5 Å². The van der Waals surface area contributed by atoms with Crippen LogP contribution in [0.25, 0.3) is 0 Å². The molecule has 0 aliphatic carbocycles. The van der Waals surface area contributed by atoms with Gasteiger partial charge in [-0.3, -0.25) is 9.59 Å². The molecule has 0 aromatic heterocycles. The van der Waals surface area contributed by atoms with Gasteiger partial charge in [0.05, 0.1) is 23.7 Å². The van der Waals surface area contributed by atoms with Gasteiger partial charge in [-0.05, 0) is 48.2 Å². The number of hydrogen-bond acceptors (Lipinski definition) is 3. The molecule has 2 N–H and O–H groups in total. The molecular formula is C20H22Cl2N2O3. The minimum atomic E-state index is -0.233. The highest BCUT2D eigenvalue weighted by molar-refractivity contribution is 6.42. The van der Waals surface area contributed by atoms with Crippen LogP contribution in [0.5, 0.6) is 5.75 Å². The summed E-state index contributed by atoms with van der Waals surface area (Å²) in [7, 11) is 1.60. The molecule has 0 spiro atoms. The molecule has 2 rings (SSSR count). The first-order valence-electron chi connectivity index (χ1n) is 8.58. The number of rotatable bonds is 9. The number of hydrogen-bond donors (Lipinski definition) is 2. The van der Waals surface area contributed by atoms with Crippen molar-refractivity contribution in [2.75, 3.05) is 13.7 Å². The summed E-state index contributed by atoms with van der Waals surface area (Å²) in [5.74, 6) is 0.372. The smallest absolute Gasteiger partial charge is 0.239 e. The Kier molecular flexibility index (Phi) is 8.43. The Balaban J connectivity index is 1.62. The standard InChI is InChI=1S/C20H22Cl2N2O3/c1-27-16-8-5-15(6-9-16)12-23-20(26)13-24-19(25)4-2-3-14-7-10-17(21)18(22)11-14/h5-11H,2-4,12-13H2,1H3,(H,23,26)(H,24,25). The zero-order valence-corrected chi connectivity index (χ0v) is 16.6. The van der Waals surface area contributed by atoms with Crippen LogP contribution in [0.15, 0.2) is 42.5 Å². The zero-order valence-electron chi connectivity index (χ0n) is 15.1. The maximum absolute atomic E-state index is 11.9. The minimum absolute atomic E-state index is 0.0399. The van der Waals surface area contributed by atoms with E-state index in [1.807, 2.05) is 30.3 Å². The van der Waals surface area contributed by atoms with E-state index in [-0.39, 0.29) is 18.4 Å². The second kappa shape index (κ2) is 10.8. The molecule has 0 fully saturated rings. The number of amides is 2. The van der Waals surface area contributed by atoms with Crippen LogP contribution < -0.4 is 15.4 Å². The third kappa shape index (κ3) is 7.49. The minimum Gasteiger partial charge on any atom is -0.497 e. The number of carbonyl (C=O) groups is 2. The molecule has 0 bridgehead atoms. The Morgan fingerprint density at radius 2 is 1.63 bits per heavy atom. The van der Waals surface area contributed by atoms with E-state index in [1.165, 1.54) is 0 Å². The van der Waals surface area contributed by atoms with Crippen molar-refractivity contribution < 1.29 is 14.3 Å². The average Bonchev–Trinajstić information content (AvgIpc) is 2.68. The maximum atomic E-state index is 11.9. The number of methoxy groups -OCH3 is 1. The number of benzene rings is 2. The van der Waals surface area contributed by atoms with Crippen molar-refractivity contribution in [3.8, 4) is 5.75 Å². The first kappa shape index (κ1) is 21.1. The predicted octanol–water partition coefficient (Wildman–Crippen LogP) is 3.76. The lowest BCUT2D eigenvalue weighted by Crippen LogP contribution is -2.36. The number of halogens is 2. The van der Waals surface area contributed by atoms with Gasteiger partial charge in [-0.15, -0.1) is 0 Å². The molecule has 27 heavy (non-hydrogen) atoms. The van der Waals surface area contributed by atoms with Crippen LogP contribution in [0.3, 0.4) is 0 Å². The molecule has 0 radical (unpaired) electrons. The normalized spacial score (nSPS) is 10.3. The summed E-state index contributed by atoms with van der Waals surface area (Å²) in [6.45, 7) is 0.359. The summed E-state index contributed by atoms with van der Waals surface area (Å²) >= 11 is 11.8. The fourth-order valence-electron chi connectivity index (χ4n) is 2.42. The SMILES string of the molecule is COc1ccc(CNC(=O)CNC(=O)CCCc2ccc(Cl)c(Cl)c2)cc1. The largest absolute Gasteiger partial charge is 0.497 e. The fourth-order valence-corrected chi connectivity index (χ4v) is 2.74. The lowest BCUT2D eigenvalue weighted by molar-refractivity contribution is -0.126. The quantitative estimate of drug-likeness (QED) is 0.663. The monoisotopic (exact) mass is 408 g/mol. The van der Waals surface area contributed by atoms with Crippen LogP contribution in [0.4, 0.5) is 0 Å². The van der Waals surface area contributed by atoms with E-state index >= 15 is 0 Å². The van der Waals surface area contributed by atoms with E-state index < -0.39 is 0 Å². The molecule has 2 aromatic carbocycles. The summed E-state index contributed by atoms with van der Waals surface area (Å²) in [5, 5.41) is 6.41. The third-order valence-electron chi connectivity index (χ3n) is 3.95. The van der Waals surface area contributed by atoms with Crippen molar-refractivity contribution in [2.45, 2.75) is 25.8 Å². The summed E-state index contributed by atoms with van der Waals surface area (Å²) in [5.41, 5.74) is 1.98. The molecule has 0 aliphatic rings. The highest BCUT2D eigenvalue weighted by Crippen LogP contribution is 2.23. The number of nitrogens with one attached hydrogen (secondary N) is 2. The van der Waals surface area contributed by atoms with Gasteiger partial charge in [0.15, 0.2) is 0 Å². The van der Waals surface area contributed by atoms with Crippen LogP contribution in [0.1, 0.15) is 24.0 Å².